The van der Waals surface area contributed by atoms with E-state index in [9.17, 15) is 0 Å². The molecule has 0 saturated heterocycles. The Labute approximate surface area is 106 Å². The Morgan fingerprint density at radius 3 is 3.00 bits per heavy atom. The topological polar surface area (TPSA) is 24.9 Å². The zero-order valence-electron chi connectivity index (χ0n) is 8.24. The molecule has 1 unspecified atom stereocenters. The van der Waals surface area contributed by atoms with Crippen molar-refractivity contribution in [3.8, 4) is 0 Å². The third-order valence-electron chi connectivity index (χ3n) is 2.03. The highest BCUT2D eigenvalue weighted by Crippen LogP contribution is 2.23. The minimum Gasteiger partial charge on any atom is -0.303 e. The predicted molar refractivity (Wildman–Crippen MR) is 69.4 cm³/mol. The molecule has 0 fully saturated rings. The fourth-order valence-corrected chi connectivity index (χ4v) is 3.34. The largest absolute Gasteiger partial charge is 0.303 e. The first-order valence-corrected chi connectivity index (χ1v) is 7.11. The molecule has 1 N–H and O–H groups in total. The molecule has 0 bridgehead atoms. The van der Waals surface area contributed by atoms with E-state index in [1.165, 1.54) is 8.66 Å². The number of halogens is 1. The van der Waals surface area contributed by atoms with E-state index < -0.39 is 0 Å². The Morgan fingerprint density at radius 2 is 2.40 bits per heavy atom. The fourth-order valence-electron chi connectivity index (χ4n) is 1.24. The summed E-state index contributed by atoms with van der Waals surface area (Å²) in [5, 5.41) is 6.61. The van der Waals surface area contributed by atoms with E-state index in [1.54, 1.807) is 22.7 Å². The second-order valence-corrected chi connectivity index (χ2v) is 6.65. The molecule has 2 aromatic heterocycles. The first kappa shape index (κ1) is 11.3. The van der Waals surface area contributed by atoms with Gasteiger partial charge in [0.2, 0.25) is 0 Å². The van der Waals surface area contributed by atoms with Gasteiger partial charge in [0.1, 0.15) is 5.01 Å². The van der Waals surface area contributed by atoms with Crippen molar-refractivity contribution in [1.82, 2.24) is 10.3 Å². The van der Waals surface area contributed by atoms with Crippen LogP contribution in [0.15, 0.2) is 27.5 Å². The maximum atomic E-state index is 4.28. The molecule has 80 valence electrons. The Hall–Kier alpha value is -0.230. The first-order chi connectivity index (χ1) is 7.25. The highest BCUT2D eigenvalue weighted by Gasteiger charge is 2.07. The third kappa shape index (κ3) is 3.11. The number of aromatic nitrogens is 1. The lowest BCUT2D eigenvalue weighted by molar-refractivity contribution is 0.576. The van der Waals surface area contributed by atoms with E-state index in [4.69, 9.17) is 0 Å². The highest BCUT2D eigenvalue weighted by atomic mass is 79.9. The molecule has 0 radical (unpaired) electrons. The van der Waals surface area contributed by atoms with E-state index in [0.717, 1.165) is 11.6 Å². The number of nitrogens with one attached hydrogen (secondary N) is 1. The minimum absolute atomic E-state index is 0.325. The van der Waals surface area contributed by atoms with Gasteiger partial charge in [0, 0.05) is 23.0 Å². The Kier molecular flexibility index (Phi) is 3.91. The number of rotatable bonds is 4. The van der Waals surface area contributed by atoms with Gasteiger partial charge in [0.25, 0.3) is 0 Å². The maximum absolute atomic E-state index is 4.28. The summed E-state index contributed by atoms with van der Waals surface area (Å²) in [6.07, 6.45) is 1.85. The molecule has 0 aliphatic rings. The van der Waals surface area contributed by atoms with E-state index in [0.29, 0.717) is 6.04 Å². The predicted octanol–water partition coefficient (Wildman–Crippen LogP) is 3.82. The monoisotopic (exact) mass is 302 g/mol. The number of nitrogens with zero attached hydrogens (tertiary/aromatic N) is 1. The van der Waals surface area contributed by atoms with Gasteiger partial charge < -0.3 is 5.32 Å². The number of hydrogen-bond donors (Lipinski definition) is 1. The van der Waals surface area contributed by atoms with Crippen molar-refractivity contribution in [2.75, 3.05) is 0 Å². The fraction of sp³-hybridized carbons (Fsp3) is 0.300. The van der Waals surface area contributed by atoms with Crippen molar-refractivity contribution in [2.45, 2.75) is 19.5 Å². The van der Waals surface area contributed by atoms with Crippen LogP contribution in [0.4, 0.5) is 0 Å². The molecule has 0 aliphatic heterocycles. The van der Waals surface area contributed by atoms with Crippen molar-refractivity contribution < 1.29 is 0 Å². The highest BCUT2D eigenvalue weighted by molar-refractivity contribution is 9.11. The molecule has 0 amide bonds. The van der Waals surface area contributed by atoms with E-state index >= 15 is 0 Å². The molecule has 5 heteroatoms. The second-order valence-electron chi connectivity index (χ2n) is 3.18. The van der Waals surface area contributed by atoms with Crippen molar-refractivity contribution in [3.05, 3.63) is 37.4 Å². The van der Waals surface area contributed by atoms with Crippen LogP contribution in [0.3, 0.4) is 0 Å². The lowest BCUT2D eigenvalue weighted by Crippen LogP contribution is -2.17. The summed E-state index contributed by atoms with van der Waals surface area (Å²) >= 11 is 6.91. The van der Waals surface area contributed by atoms with E-state index in [2.05, 4.69) is 45.3 Å². The van der Waals surface area contributed by atoms with Crippen LogP contribution < -0.4 is 5.32 Å². The molecule has 2 nitrogen and oxygen atoms in total. The third-order valence-corrected chi connectivity index (χ3v) is 4.62. The Bertz CT molecular complexity index is 411. The van der Waals surface area contributed by atoms with Crippen molar-refractivity contribution >= 4 is 38.6 Å². The van der Waals surface area contributed by atoms with Crippen LogP contribution in [-0.2, 0) is 6.54 Å². The summed E-state index contributed by atoms with van der Waals surface area (Å²) in [5.74, 6) is 0. The Morgan fingerprint density at radius 1 is 1.53 bits per heavy atom. The van der Waals surface area contributed by atoms with Gasteiger partial charge in [0.15, 0.2) is 0 Å². The normalized spacial score (nSPS) is 12.9. The molecule has 1 atom stereocenters. The first-order valence-electron chi connectivity index (χ1n) is 4.62. The molecule has 0 aliphatic carbocycles. The SMILES string of the molecule is CC(NCc1ccc(Br)s1)c1nccs1. The van der Waals surface area contributed by atoms with Crippen LogP contribution in [-0.4, -0.2) is 4.98 Å². The van der Waals surface area contributed by atoms with Crippen LogP contribution in [0.5, 0.6) is 0 Å². The van der Waals surface area contributed by atoms with Gasteiger partial charge in [-0.15, -0.1) is 22.7 Å². The van der Waals surface area contributed by atoms with Crippen LogP contribution in [0, 0.1) is 0 Å². The summed E-state index contributed by atoms with van der Waals surface area (Å²) in [5.41, 5.74) is 0. The van der Waals surface area contributed by atoms with Crippen molar-refractivity contribution in [3.63, 3.8) is 0 Å². The van der Waals surface area contributed by atoms with E-state index in [-0.39, 0.29) is 0 Å². The molecule has 0 saturated carbocycles. The van der Waals surface area contributed by atoms with Crippen LogP contribution in [0.25, 0.3) is 0 Å². The maximum Gasteiger partial charge on any atom is 0.109 e. The van der Waals surface area contributed by atoms with E-state index in [1.807, 2.05) is 11.6 Å². The quantitative estimate of drug-likeness (QED) is 0.929. The number of thiophene rings is 1. The zero-order chi connectivity index (χ0) is 10.7. The number of thiazole rings is 1. The molecular formula is C10H11BrN2S2. The van der Waals surface area contributed by atoms with Crippen LogP contribution >= 0.6 is 38.6 Å². The van der Waals surface area contributed by atoms with Crippen LogP contribution in [0.2, 0.25) is 0 Å². The summed E-state index contributed by atoms with van der Waals surface area (Å²) in [7, 11) is 0. The summed E-state index contributed by atoms with van der Waals surface area (Å²) in [6.45, 7) is 3.04. The number of hydrogen-bond acceptors (Lipinski definition) is 4. The van der Waals surface area contributed by atoms with Gasteiger partial charge in [-0.2, -0.15) is 0 Å². The molecule has 0 aromatic carbocycles. The molecule has 15 heavy (non-hydrogen) atoms. The Balaban J connectivity index is 1.88. The smallest absolute Gasteiger partial charge is 0.109 e. The van der Waals surface area contributed by atoms with Crippen molar-refractivity contribution in [1.29, 1.82) is 0 Å². The summed E-state index contributed by atoms with van der Waals surface area (Å²) < 4.78 is 1.18. The molecule has 2 heterocycles. The minimum atomic E-state index is 0.325. The lowest BCUT2D eigenvalue weighted by atomic mass is 10.3. The van der Waals surface area contributed by atoms with Gasteiger partial charge in [-0.1, -0.05) is 0 Å². The standard InChI is InChI=1S/C10H11BrN2S2/c1-7(10-12-4-5-14-10)13-6-8-2-3-9(11)15-8/h2-5,7,13H,6H2,1H3. The van der Waals surface area contributed by atoms with Gasteiger partial charge in [-0.3, -0.25) is 0 Å². The molecular weight excluding hydrogens is 292 g/mol. The molecule has 2 rings (SSSR count). The van der Waals surface area contributed by atoms with Gasteiger partial charge in [-0.05, 0) is 35.0 Å². The second kappa shape index (κ2) is 5.21. The van der Waals surface area contributed by atoms with Gasteiger partial charge >= 0.3 is 0 Å². The summed E-state index contributed by atoms with van der Waals surface area (Å²) in [4.78, 5) is 5.62. The van der Waals surface area contributed by atoms with Gasteiger partial charge in [0.05, 0.1) is 9.83 Å². The summed E-state index contributed by atoms with van der Waals surface area (Å²) in [6, 6.07) is 4.54. The van der Waals surface area contributed by atoms with Crippen LogP contribution in [0.1, 0.15) is 22.9 Å². The van der Waals surface area contributed by atoms with Crippen molar-refractivity contribution in [2.24, 2.45) is 0 Å². The average Bonchev–Trinajstić information content (AvgIpc) is 2.84. The average molecular weight is 303 g/mol. The zero-order valence-corrected chi connectivity index (χ0v) is 11.5. The van der Waals surface area contributed by atoms with Gasteiger partial charge in [-0.25, -0.2) is 4.98 Å². The molecule has 0 spiro atoms. The lowest BCUT2D eigenvalue weighted by Gasteiger charge is -2.09. The molecule has 2 aromatic rings.